The van der Waals surface area contributed by atoms with Crippen LogP contribution in [-0.4, -0.2) is 43.0 Å². The van der Waals surface area contributed by atoms with Gasteiger partial charge in [0.05, 0.1) is 5.54 Å². The van der Waals surface area contributed by atoms with Crippen LogP contribution in [0.3, 0.4) is 0 Å². The third kappa shape index (κ3) is 4.09. The Kier molecular flexibility index (Phi) is 5.97. The van der Waals surface area contributed by atoms with Gasteiger partial charge in [-0.15, -0.1) is 0 Å². The van der Waals surface area contributed by atoms with Gasteiger partial charge in [0.15, 0.2) is 0 Å². The Balaban J connectivity index is 1.65. The standard InChI is InChI=1S/C21H30N2O3/c1-16(2)20(25)23-12-8-17(9-13-23)19(24)22-21(10-14-26-15-11-21)18-6-4-3-5-7-18/h3-7,16-17H,8-15H2,1-2H3,(H,22,24). The number of carbonyl (C=O) groups excluding carboxylic acids is 2. The lowest BCUT2D eigenvalue weighted by Gasteiger charge is -2.40. The maximum absolute atomic E-state index is 13.0. The molecule has 2 saturated heterocycles. The Morgan fingerprint density at radius 2 is 1.73 bits per heavy atom. The van der Waals surface area contributed by atoms with Crippen LogP contribution >= 0.6 is 0 Å². The Bertz CT molecular complexity index is 615. The van der Waals surface area contributed by atoms with Gasteiger partial charge in [-0.1, -0.05) is 44.2 Å². The molecule has 26 heavy (non-hydrogen) atoms. The topological polar surface area (TPSA) is 58.6 Å². The van der Waals surface area contributed by atoms with Crippen molar-refractivity contribution >= 4 is 11.8 Å². The number of benzene rings is 1. The summed E-state index contributed by atoms with van der Waals surface area (Å²) in [7, 11) is 0. The van der Waals surface area contributed by atoms with E-state index in [1.54, 1.807) is 0 Å². The van der Waals surface area contributed by atoms with E-state index < -0.39 is 0 Å². The Morgan fingerprint density at radius 1 is 1.12 bits per heavy atom. The fourth-order valence-corrected chi connectivity index (χ4v) is 4.03. The molecular weight excluding hydrogens is 328 g/mol. The van der Waals surface area contributed by atoms with E-state index in [-0.39, 0.29) is 29.2 Å². The second kappa shape index (κ2) is 8.21. The zero-order chi connectivity index (χ0) is 18.6. The van der Waals surface area contributed by atoms with E-state index in [2.05, 4.69) is 17.4 Å². The average Bonchev–Trinajstić information content (AvgIpc) is 2.69. The molecule has 3 rings (SSSR count). The lowest BCUT2D eigenvalue weighted by Crippen LogP contribution is -2.53. The van der Waals surface area contributed by atoms with E-state index in [0.29, 0.717) is 26.3 Å². The molecule has 5 nitrogen and oxygen atoms in total. The molecule has 0 radical (unpaired) electrons. The van der Waals surface area contributed by atoms with Crippen LogP contribution in [0.1, 0.15) is 45.1 Å². The molecule has 5 heteroatoms. The number of hydrogen-bond acceptors (Lipinski definition) is 3. The first-order chi connectivity index (χ1) is 12.5. The molecule has 1 N–H and O–H groups in total. The summed E-state index contributed by atoms with van der Waals surface area (Å²) in [5, 5.41) is 3.36. The lowest BCUT2D eigenvalue weighted by atomic mass is 9.81. The van der Waals surface area contributed by atoms with Crippen molar-refractivity contribution in [2.75, 3.05) is 26.3 Å². The van der Waals surface area contributed by atoms with Gasteiger partial charge in [-0.2, -0.15) is 0 Å². The van der Waals surface area contributed by atoms with Crippen molar-refractivity contribution in [3.05, 3.63) is 35.9 Å². The number of rotatable bonds is 4. The summed E-state index contributed by atoms with van der Waals surface area (Å²) in [6, 6.07) is 10.2. The number of hydrogen-bond donors (Lipinski definition) is 1. The summed E-state index contributed by atoms with van der Waals surface area (Å²) >= 11 is 0. The Labute approximate surface area is 156 Å². The third-order valence-corrected chi connectivity index (χ3v) is 5.71. The van der Waals surface area contributed by atoms with Crippen molar-refractivity contribution in [2.24, 2.45) is 11.8 Å². The second-order valence-corrected chi connectivity index (χ2v) is 7.80. The molecule has 2 fully saturated rings. The zero-order valence-electron chi connectivity index (χ0n) is 15.9. The molecule has 2 heterocycles. The first kappa shape index (κ1) is 18.9. The van der Waals surface area contributed by atoms with Gasteiger partial charge in [0.25, 0.3) is 0 Å². The fraction of sp³-hybridized carbons (Fsp3) is 0.619. The van der Waals surface area contributed by atoms with Gasteiger partial charge in [0.1, 0.15) is 0 Å². The highest BCUT2D eigenvalue weighted by atomic mass is 16.5. The van der Waals surface area contributed by atoms with Crippen LogP contribution in [0, 0.1) is 11.8 Å². The van der Waals surface area contributed by atoms with Crippen LogP contribution in [0.2, 0.25) is 0 Å². The summed E-state index contributed by atoms with van der Waals surface area (Å²) in [6.45, 7) is 6.53. The number of carbonyl (C=O) groups is 2. The van der Waals surface area contributed by atoms with Crippen LogP contribution in [0.15, 0.2) is 30.3 Å². The largest absolute Gasteiger partial charge is 0.381 e. The second-order valence-electron chi connectivity index (χ2n) is 7.80. The van der Waals surface area contributed by atoms with Crippen LogP contribution < -0.4 is 5.32 Å². The normalized spacial score (nSPS) is 20.8. The molecular formula is C21H30N2O3. The highest BCUT2D eigenvalue weighted by Gasteiger charge is 2.38. The molecule has 0 aromatic heterocycles. The molecule has 0 atom stereocenters. The quantitative estimate of drug-likeness (QED) is 0.900. The summed E-state index contributed by atoms with van der Waals surface area (Å²) in [5.74, 6) is 0.306. The summed E-state index contributed by atoms with van der Waals surface area (Å²) < 4.78 is 5.54. The number of amides is 2. The predicted octanol–water partition coefficient (Wildman–Crippen LogP) is 2.70. The highest BCUT2D eigenvalue weighted by molar-refractivity contribution is 5.81. The molecule has 0 aliphatic carbocycles. The molecule has 2 aliphatic rings. The monoisotopic (exact) mass is 358 g/mol. The van der Waals surface area contributed by atoms with E-state index in [0.717, 1.165) is 31.2 Å². The number of likely N-dealkylation sites (tertiary alicyclic amines) is 1. The Morgan fingerprint density at radius 3 is 2.31 bits per heavy atom. The third-order valence-electron chi connectivity index (χ3n) is 5.71. The first-order valence-electron chi connectivity index (χ1n) is 9.76. The Hall–Kier alpha value is -1.88. The molecule has 1 aromatic rings. The van der Waals surface area contributed by atoms with Gasteiger partial charge >= 0.3 is 0 Å². The minimum atomic E-state index is -0.332. The van der Waals surface area contributed by atoms with Crippen molar-refractivity contribution in [3.8, 4) is 0 Å². The van der Waals surface area contributed by atoms with Crippen molar-refractivity contribution in [3.63, 3.8) is 0 Å². The van der Waals surface area contributed by atoms with E-state index >= 15 is 0 Å². The van der Waals surface area contributed by atoms with Gasteiger partial charge in [-0.05, 0) is 31.2 Å². The number of nitrogens with zero attached hydrogens (tertiary/aromatic N) is 1. The highest BCUT2D eigenvalue weighted by Crippen LogP contribution is 2.33. The zero-order valence-corrected chi connectivity index (χ0v) is 15.9. The van der Waals surface area contributed by atoms with Gasteiger partial charge in [-0.3, -0.25) is 9.59 Å². The molecule has 0 unspecified atom stereocenters. The van der Waals surface area contributed by atoms with E-state index in [1.165, 1.54) is 0 Å². The summed E-state index contributed by atoms with van der Waals surface area (Å²) in [6.07, 6.45) is 3.08. The molecule has 1 aromatic carbocycles. The molecule has 2 amide bonds. The van der Waals surface area contributed by atoms with Crippen molar-refractivity contribution < 1.29 is 14.3 Å². The maximum atomic E-state index is 13.0. The van der Waals surface area contributed by atoms with Crippen LogP contribution in [0.25, 0.3) is 0 Å². The van der Waals surface area contributed by atoms with Crippen molar-refractivity contribution in [1.82, 2.24) is 10.2 Å². The summed E-state index contributed by atoms with van der Waals surface area (Å²) in [4.78, 5) is 27.0. The van der Waals surface area contributed by atoms with Gasteiger partial charge in [0.2, 0.25) is 11.8 Å². The fourth-order valence-electron chi connectivity index (χ4n) is 4.03. The van der Waals surface area contributed by atoms with Crippen LogP contribution in [-0.2, 0) is 19.9 Å². The van der Waals surface area contributed by atoms with Crippen LogP contribution in [0.5, 0.6) is 0 Å². The molecule has 2 aliphatic heterocycles. The molecule has 0 saturated carbocycles. The van der Waals surface area contributed by atoms with Crippen molar-refractivity contribution in [1.29, 1.82) is 0 Å². The molecule has 142 valence electrons. The van der Waals surface area contributed by atoms with Crippen molar-refractivity contribution in [2.45, 2.75) is 45.1 Å². The minimum absolute atomic E-state index is 0.0176. The number of ether oxygens (including phenoxy) is 1. The maximum Gasteiger partial charge on any atom is 0.225 e. The smallest absolute Gasteiger partial charge is 0.225 e. The van der Waals surface area contributed by atoms with Gasteiger partial charge in [0, 0.05) is 38.1 Å². The minimum Gasteiger partial charge on any atom is -0.381 e. The van der Waals surface area contributed by atoms with E-state index in [9.17, 15) is 9.59 Å². The van der Waals surface area contributed by atoms with Crippen LogP contribution in [0.4, 0.5) is 0 Å². The van der Waals surface area contributed by atoms with E-state index in [1.807, 2.05) is 36.9 Å². The molecule has 0 bridgehead atoms. The number of piperidine rings is 1. The number of nitrogens with one attached hydrogen (secondary N) is 1. The average molecular weight is 358 g/mol. The van der Waals surface area contributed by atoms with Gasteiger partial charge < -0.3 is 15.0 Å². The predicted molar refractivity (Wildman–Crippen MR) is 100 cm³/mol. The first-order valence-corrected chi connectivity index (χ1v) is 9.76. The summed E-state index contributed by atoms with van der Waals surface area (Å²) in [5.41, 5.74) is 0.825. The molecule has 0 spiro atoms. The lowest BCUT2D eigenvalue weighted by molar-refractivity contribution is -0.139. The van der Waals surface area contributed by atoms with E-state index in [4.69, 9.17) is 4.74 Å². The SMILES string of the molecule is CC(C)C(=O)N1CCC(C(=O)NC2(c3ccccc3)CCOCC2)CC1. The van der Waals surface area contributed by atoms with Gasteiger partial charge in [-0.25, -0.2) is 0 Å².